The number of hydrogen-bond acceptors (Lipinski definition) is 5. The summed E-state index contributed by atoms with van der Waals surface area (Å²) in [7, 11) is 0. The summed E-state index contributed by atoms with van der Waals surface area (Å²) in [5.74, 6) is -0.317. The van der Waals surface area contributed by atoms with Gasteiger partial charge in [-0.3, -0.25) is 4.79 Å². The van der Waals surface area contributed by atoms with Crippen molar-refractivity contribution in [2.45, 2.75) is 20.3 Å². The minimum atomic E-state index is -0.352. The molecule has 0 aromatic heterocycles. The van der Waals surface area contributed by atoms with E-state index in [0.717, 1.165) is 0 Å². The van der Waals surface area contributed by atoms with Crippen LogP contribution in [0.3, 0.4) is 0 Å². The average molecular weight is 246 g/mol. The standard InChI is InChI=1S/C11H22N2O4/c1-3-13-10(14)5-6-12-7-8-16-9-11(15)17-4-2/h12H,3-9H2,1-2H3,(H,13,14). The van der Waals surface area contributed by atoms with Gasteiger partial charge in [0.15, 0.2) is 0 Å². The molecule has 0 heterocycles. The van der Waals surface area contributed by atoms with Gasteiger partial charge in [0.25, 0.3) is 0 Å². The lowest BCUT2D eigenvalue weighted by atomic mass is 10.4. The van der Waals surface area contributed by atoms with Crippen molar-refractivity contribution in [1.82, 2.24) is 10.6 Å². The fraction of sp³-hybridized carbons (Fsp3) is 0.818. The predicted octanol–water partition coefficient (Wildman–Crippen LogP) is -0.318. The van der Waals surface area contributed by atoms with E-state index in [9.17, 15) is 9.59 Å². The Morgan fingerprint density at radius 3 is 2.59 bits per heavy atom. The fourth-order valence-corrected chi connectivity index (χ4v) is 1.11. The molecular formula is C11H22N2O4. The number of esters is 1. The van der Waals surface area contributed by atoms with Gasteiger partial charge in [-0.05, 0) is 13.8 Å². The monoisotopic (exact) mass is 246 g/mol. The number of carbonyl (C=O) groups is 2. The van der Waals surface area contributed by atoms with Crippen molar-refractivity contribution in [2.75, 3.05) is 39.5 Å². The smallest absolute Gasteiger partial charge is 0.332 e. The maximum Gasteiger partial charge on any atom is 0.332 e. The zero-order valence-electron chi connectivity index (χ0n) is 10.6. The summed E-state index contributed by atoms with van der Waals surface area (Å²) in [6.45, 7) is 6.28. The van der Waals surface area contributed by atoms with Crippen molar-refractivity contribution in [3.8, 4) is 0 Å². The van der Waals surface area contributed by atoms with Crippen LogP contribution in [0, 0.1) is 0 Å². The molecule has 2 N–H and O–H groups in total. The van der Waals surface area contributed by atoms with Crippen LogP contribution in [0.2, 0.25) is 0 Å². The zero-order chi connectivity index (χ0) is 12.9. The molecule has 0 unspecified atom stereocenters. The molecule has 0 aromatic carbocycles. The normalized spacial score (nSPS) is 10.0. The third-order valence-electron chi connectivity index (χ3n) is 1.85. The topological polar surface area (TPSA) is 76.7 Å². The lowest BCUT2D eigenvalue weighted by Crippen LogP contribution is -2.29. The molecule has 0 atom stereocenters. The second-order valence-electron chi connectivity index (χ2n) is 3.31. The number of ether oxygens (including phenoxy) is 2. The Labute approximate surface area is 102 Å². The van der Waals surface area contributed by atoms with Crippen LogP contribution >= 0.6 is 0 Å². The van der Waals surface area contributed by atoms with Crippen LogP contribution in [0.5, 0.6) is 0 Å². The lowest BCUT2D eigenvalue weighted by molar-refractivity contribution is -0.148. The minimum Gasteiger partial charge on any atom is -0.464 e. The highest BCUT2D eigenvalue weighted by molar-refractivity contribution is 5.75. The SMILES string of the molecule is CCNC(=O)CCNCCOCC(=O)OCC. The summed E-state index contributed by atoms with van der Waals surface area (Å²) < 4.78 is 9.76. The molecule has 100 valence electrons. The second kappa shape index (κ2) is 11.3. The first-order valence-corrected chi connectivity index (χ1v) is 5.91. The van der Waals surface area contributed by atoms with Crippen molar-refractivity contribution in [2.24, 2.45) is 0 Å². The van der Waals surface area contributed by atoms with Gasteiger partial charge in [-0.2, -0.15) is 0 Å². The molecule has 0 aromatic rings. The summed E-state index contributed by atoms with van der Waals surface area (Å²) in [6.07, 6.45) is 0.450. The van der Waals surface area contributed by atoms with Gasteiger partial charge in [0.05, 0.1) is 13.2 Å². The molecule has 0 radical (unpaired) electrons. The van der Waals surface area contributed by atoms with E-state index in [2.05, 4.69) is 10.6 Å². The summed E-state index contributed by atoms with van der Waals surface area (Å²) in [5, 5.41) is 5.75. The Balaban J connectivity index is 3.18. The van der Waals surface area contributed by atoms with Crippen LogP contribution in [0.1, 0.15) is 20.3 Å². The molecule has 17 heavy (non-hydrogen) atoms. The van der Waals surface area contributed by atoms with Gasteiger partial charge in [-0.25, -0.2) is 4.79 Å². The van der Waals surface area contributed by atoms with Gasteiger partial charge < -0.3 is 20.1 Å². The first-order chi connectivity index (χ1) is 8.20. The maximum atomic E-state index is 11.0. The number of amides is 1. The molecule has 0 aliphatic carbocycles. The Morgan fingerprint density at radius 2 is 1.94 bits per heavy atom. The van der Waals surface area contributed by atoms with Crippen molar-refractivity contribution in [3.05, 3.63) is 0 Å². The fourth-order valence-electron chi connectivity index (χ4n) is 1.11. The Morgan fingerprint density at radius 1 is 1.18 bits per heavy atom. The molecule has 0 aliphatic heterocycles. The molecule has 0 fully saturated rings. The van der Waals surface area contributed by atoms with Gasteiger partial charge in [0.2, 0.25) is 5.91 Å². The van der Waals surface area contributed by atoms with E-state index in [1.807, 2.05) is 6.92 Å². The van der Waals surface area contributed by atoms with Crippen LogP contribution in [0.25, 0.3) is 0 Å². The summed E-state index contributed by atoms with van der Waals surface area (Å²) >= 11 is 0. The van der Waals surface area contributed by atoms with Crippen molar-refractivity contribution in [1.29, 1.82) is 0 Å². The van der Waals surface area contributed by atoms with Crippen LogP contribution in [0.4, 0.5) is 0 Å². The summed E-state index contributed by atoms with van der Waals surface area (Å²) in [5.41, 5.74) is 0. The molecule has 6 nitrogen and oxygen atoms in total. The number of rotatable bonds is 10. The molecule has 0 saturated carbocycles. The van der Waals surface area contributed by atoms with E-state index in [0.29, 0.717) is 39.3 Å². The Hall–Kier alpha value is -1.14. The summed E-state index contributed by atoms with van der Waals surface area (Å²) in [6, 6.07) is 0. The number of hydrogen-bond donors (Lipinski definition) is 2. The average Bonchev–Trinajstić information content (AvgIpc) is 2.28. The van der Waals surface area contributed by atoms with Gasteiger partial charge in [-0.15, -0.1) is 0 Å². The van der Waals surface area contributed by atoms with Gasteiger partial charge >= 0.3 is 5.97 Å². The molecule has 6 heteroatoms. The molecule has 0 rings (SSSR count). The quantitative estimate of drug-likeness (QED) is 0.408. The van der Waals surface area contributed by atoms with E-state index in [1.165, 1.54) is 0 Å². The molecular weight excluding hydrogens is 224 g/mol. The summed E-state index contributed by atoms with van der Waals surface area (Å²) in [4.78, 5) is 21.9. The number of carbonyl (C=O) groups excluding carboxylic acids is 2. The van der Waals surface area contributed by atoms with E-state index >= 15 is 0 Å². The third kappa shape index (κ3) is 11.1. The highest BCUT2D eigenvalue weighted by Gasteiger charge is 2.01. The first kappa shape index (κ1) is 15.9. The first-order valence-electron chi connectivity index (χ1n) is 5.91. The van der Waals surface area contributed by atoms with Crippen LogP contribution < -0.4 is 10.6 Å². The van der Waals surface area contributed by atoms with E-state index in [4.69, 9.17) is 9.47 Å². The lowest BCUT2D eigenvalue weighted by Gasteiger charge is -2.06. The zero-order valence-corrected chi connectivity index (χ0v) is 10.6. The van der Waals surface area contributed by atoms with Gasteiger partial charge in [0.1, 0.15) is 6.61 Å². The minimum absolute atomic E-state index is 0.0220. The second-order valence-corrected chi connectivity index (χ2v) is 3.31. The van der Waals surface area contributed by atoms with Gasteiger partial charge in [-0.1, -0.05) is 0 Å². The molecule has 0 aliphatic rings. The molecule has 0 spiro atoms. The molecule has 0 bridgehead atoms. The largest absolute Gasteiger partial charge is 0.464 e. The number of nitrogens with one attached hydrogen (secondary N) is 2. The van der Waals surface area contributed by atoms with Crippen molar-refractivity contribution in [3.63, 3.8) is 0 Å². The highest BCUT2D eigenvalue weighted by atomic mass is 16.6. The highest BCUT2D eigenvalue weighted by Crippen LogP contribution is 1.81. The molecule has 1 amide bonds. The predicted molar refractivity (Wildman–Crippen MR) is 63.6 cm³/mol. The van der Waals surface area contributed by atoms with Crippen molar-refractivity contribution < 1.29 is 19.1 Å². The van der Waals surface area contributed by atoms with Crippen molar-refractivity contribution >= 4 is 11.9 Å². The maximum absolute atomic E-state index is 11.0. The van der Waals surface area contributed by atoms with Crippen LogP contribution in [0.15, 0.2) is 0 Å². The van der Waals surface area contributed by atoms with E-state index in [1.54, 1.807) is 6.92 Å². The van der Waals surface area contributed by atoms with Crippen LogP contribution in [-0.2, 0) is 19.1 Å². The van der Waals surface area contributed by atoms with Crippen LogP contribution in [-0.4, -0.2) is 51.3 Å². The van der Waals surface area contributed by atoms with E-state index < -0.39 is 0 Å². The Kier molecular flexibility index (Phi) is 10.6. The van der Waals surface area contributed by atoms with Gasteiger partial charge in [0, 0.05) is 26.1 Å². The van der Waals surface area contributed by atoms with E-state index in [-0.39, 0.29) is 18.5 Å². The molecule has 0 saturated heterocycles. The third-order valence-corrected chi connectivity index (χ3v) is 1.85. The Bertz CT molecular complexity index is 200.